The van der Waals surface area contributed by atoms with Crippen LogP contribution in [0.2, 0.25) is 5.02 Å². The highest BCUT2D eigenvalue weighted by molar-refractivity contribution is 6.30. The molecule has 3 rings (SSSR count). The topological polar surface area (TPSA) is 65.1 Å². The second-order valence-electron chi connectivity index (χ2n) is 7.46. The van der Waals surface area contributed by atoms with E-state index in [1.165, 1.54) is 0 Å². The number of methoxy groups -OCH3 is 1. The van der Waals surface area contributed by atoms with Crippen LogP contribution in [0.5, 0.6) is 5.75 Å². The monoisotopic (exact) mass is 469 g/mol. The van der Waals surface area contributed by atoms with Gasteiger partial charge in [0.05, 0.1) is 37.4 Å². The maximum Gasteiger partial charge on any atom is 0.336 e. The summed E-state index contributed by atoms with van der Waals surface area (Å²) in [7, 11) is 1.59. The number of carbonyl (C=O) groups excluding carboxylic acids is 2. The normalized spacial score (nSPS) is 14.4. The summed E-state index contributed by atoms with van der Waals surface area (Å²) < 4.78 is 16.1. The molecular formula is C26H28ClNO5. The molecule has 0 aliphatic carbocycles. The minimum atomic E-state index is -0.655. The van der Waals surface area contributed by atoms with Gasteiger partial charge >= 0.3 is 11.9 Å². The van der Waals surface area contributed by atoms with Crippen LogP contribution in [-0.4, -0.2) is 32.3 Å². The summed E-state index contributed by atoms with van der Waals surface area (Å²) in [6.07, 6.45) is 0. The number of carbonyl (C=O) groups is 2. The van der Waals surface area contributed by atoms with Gasteiger partial charge in [-0.05, 0) is 69.7 Å². The SMILES string of the molecule is CCOC(=O)C1=C(C)N(c2ccc(Cl)cc2)C(C)=C(C(=O)OCC)C1c1ccc(OC)cc1. The van der Waals surface area contributed by atoms with E-state index < -0.39 is 17.9 Å². The number of hydrogen-bond acceptors (Lipinski definition) is 6. The van der Waals surface area contributed by atoms with Crippen LogP contribution in [0.25, 0.3) is 0 Å². The van der Waals surface area contributed by atoms with Gasteiger partial charge in [-0.25, -0.2) is 9.59 Å². The molecule has 33 heavy (non-hydrogen) atoms. The first-order valence-electron chi connectivity index (χ1n) is 10.8. The molecule has 0 spiro atoms. The van der Waals surface area contributed by atoms with E-state index in [1.54, 1.807) is 45.2 Å². The number of esters is 2. The van der Waals surface area contributed by atoms with E-state index in [0.29, 0.717) is 33.3 Å². The summed E-state index contributed by atoms with van der Waals surface area (Å²) in [4.78, 5) is 28.4. The fourth-order valence-electron chi connectivity index (χ4n) is 4.11. The number of hydrogen-bond donors (Lipinski definition) is 0. The molecular weight excluding hydrogens is 442 g/mol. The minimum Gasteiger partial charge on any atom is -0.497 e. The third-order valence-electron chi connectivity index (χ3n) is 5.55. The van der Waals surface area contributed by atoms with Gasteiger partial charge in [0.1, 0.15) is 5.75 Å². The van der Waals surface area contributed by atoms with E-state index in [4.69, 9.17) is 25.8 Å². The molecule has 0 saturated heterocycles. The van der Waals surface area contributed by atoms with Crippen LogP contribution in [0.3, 0.4) is 0 Å². The molecule has 1 heterocycles. The number of allylic oxidation sites excluding steroid dienone is 2. The zero-order valence-electron chi connectivity index (χ0n) is 19.5. The van der Waals surface area contributed by atoms with Crippen molar-refractivity contribution in [3.63, 3.8) is 0 Å². The Bertz CT molecular complexity index is 1040. The van der Waals surface area contributed by atoms with Crippen molar-refractivity contribution in [2.24, 2.45) is 0 Å². The Kier molecular flexibility index (Phi) is 7.82. The van der Waals surface area contributed by atoms with Gasteiger partial charge in [0.25, 0.3) is 0 Å². The molecule has 0 aromatic heterocycles. The molecule has 7 heteroatoms. The van der Waals surface area contributed by atoms with E-state index in [-0.39, 0.29) is 13.2 Å². The highest BCUT2D eigenvalue weighted by atomic mass is 35.5. The maximum atomic E-state index is 13.3. The van der Waals surface area contributed by atoms with Crippen LogP contribution in [-0.2, 0) is 19.1 Å². The average Bonchev–Trinajstić information content (AvgIpc) is 2.80. The van der Waals surface area contributed by atoms with Crippen molar-refractivity contribution in [1.29, 1.82) is 0 Å². The highest BCUT2D eigenvalue weighted by Gasteiger charge is 2.41. The van der Waals surface area contributed by atoms with Gasteiger partial charge in [-0.3, -0.25) is 0 Å². The van der Waals surface area contributed by atoms with Gasteiger partial charge in [-0.2, -0.15) is 0 Å². The first kappa shape index (κ1) is 24.4. The Balaban J connectivity index is 2.29. The molecule has 0 saturated carbocycles. The first-order valence-corrected chi connectivity index (χ1v) is 11.2. The molecule has 0 atom stereocenters. The average molecular weight is 470 g/mol. The van der Waals surface area contributed by atoms with Crippen molar-refractivity contribution in [2.75, 3.05) is 25.2 Å². The lowest BCUT2D eigenvalue weighted by Gasteiger charge is -2.38. The van der Waals surface area contributed by atoms with E-state index >= 15 is 0 Å². The smallest absolute Gasteiger partial charge is 0.336 e. The lowest BCUT2D eigenvalue weighted by atomic mass is 9.79. The van der Waals surface area contributed by atoms with E-state index in [2.05, 4.69) is 0 Å². The van der Waals surface area contributed by atoms with Crippen molar-refractivity contribution in [3.8, 4) is 5.75 Å². The predicted molar refractivity (Wildman–Crippen MR) is 128 cm³/mol. The van der Waals surface area contributed by atoms with Crippen molar-refractivity contribution >= 4 is 29.2 Å². The molecule has 174 valence electrons. The summed E-state index contributed by atoms with van der Waals surface area (Å²) in [5, 5.41) is 0.589. The zero-order valence-corrected chi connectivity index (χ0v) is 20.2. The van der Waals surface area contributed by atoms with Gasteiger partial charge < -0.3 is 19.1 Å². The molecule has 2 aromatic rings. The third kappa shape index (κ3) is 4.91. The molecule has 0 N–H and O–H groups in total. The number of anilines is 1. The fourth-order valence-corrected chi connectivity index (χ4v) is 4.24. The lowest BCUT2D eigenvalue weighted by molar-refractivity contribution is -0.139. The van der Waals surface area contributed by atoms with Gasteiger partial charge in [-0.1, -0.05) is 23.7 Å². The predicted octanol–water partition coefficient (Wildman–Crippen LogP) is 5.63. The van der Waals surface area contributed by atoms with Crippen molar-refractivity contribution in [2.45, 2.75) is 33.6 Å². The van der Waals surface area contributed by atoms with Crippen LogP contribution < -0.4 is 9.64 Å². The summed E-state index contributed by atoms with van der Waals surface area (Å²) >= 11 is 6.09. The highest BCUT2D eigenvalue weighted by Crippen LogP contribution is 2.45. The van der Waals surface area contributed by atoms with Gasteiger partial charge in [-0.15, -0.1) is 0 Å². The largest absolute Gasteiger partial charge is 0.497 e. The van der Waals surface area contributed by atoms with E-state index in [9.17, 15) is 9.59 Å². The third-order valence-corrected chi connectivity index (χ3v) is 5.80. The van der Waals surface area contributed by atoms with Gasteiger partial charge in [0, 0.05) is 22.1 Å². The van der Waals surface area contributed by atoms with Crippen LogP contribution in [0, 0.1) is 0 Å². The minimum absolute atomic E-state index is 0.212. The van der Waals surface area contributed by atoms with Crippen molar-refractivity contribution < 1.29 is 23.8 Å². The Morgan fingerprint density at radius 2 is 1.33 bits per heavy atom. The zero-order chi connectivity index (χ0) is 24.1. The lowest BCUT2D eigenvalue weighted by Crippen LogP contribution is -2.35. The number of halogens is 1. The molecule has 6 nitrogen and oxygen atoms in total. The summed E-state index contributed by atoms with van der Waals surface area (Å²) in [6.45, 7) is 7.63. The van der Waals surface area contributed by atoms with Crippen molar-refractivity contribution in [1.82, 2.24) is 0 Å². The number of ether oxygens (including phenoxy) is 3. The number of rotatable bonds is 7. The Morgan fingerprint density at radius 1 is 0.848 bits per heavy atom. The summed E-state index contributed by atoms with van der Waals surface area (Å²) in [6, 6.07) is 14.5. The van der Waals surface area contributed by atoms with Crippen molar-refractivity contribution in [3.05, 3.63) is 81.7 Å². The second kappa shape index (κ2) is 10.6. The van der Waals surface area contributed by atoms with Gasteiger partial charge in [0.2, 0.25) is 0 Å². The van der Waals surface area contributed by atoms with Crippen LogP contribution in [0.4, 0.5) is 5.69 Å². The molecule has 1 aliphatic heterocycles. The molecule has 0 fully saturated rings. The molecule has 0 unspecified atom stereocenters. The number of benzene rings is 2. The quantitative estimate of drug-likeness (QED) is 0.490. The fraction of sp³-hybridized carbons (Fsp3) is 0.308. The number of nitrogens with zero attached hydrogens (tertiary/aromatic N) is 1. The second-order valence-corrected chi connectivity index (χ2v) is 7.89. The van der Waals surface area contributed by atoms with Crippen LogP contribution >= 0.6 is 11.6 Å². The Labute approximate surface area is 199 Å². The Morgan fingerprint density at radius 3 is 1.76 bits per heavy atom. The molecule has 0 radical (unpaired) electrons. The molecule has 1 aliphatic rings. The Hall–Kier alpha value is -3.25. The van der Waals surface area contributed by atoms with E-state index in [1.807, 2.05) is 43.0 Å². The summed E-state index contributed by atoms with van der Waals surface area (Å²) in [5.74, 6) is -0.945. The standard InChI is InChI=1S/C26H28ClNO5/c1-6-32-25(29)22-16(3)28(20-12-10-19(27)11-13-20)17(4)23(26(30)33-7-2)24(22)18-8-14-21(31-5)15-9-18/h8-15,24H,6-7H2,1-5H3. The van der Waals surface area contributed by atoms with Gasteiger partial charge in [0.15, 0.2) is 0 Å². The van der Waals surface area contributed by atoms with Crippen LogP contribution in [0.1, 0.15) is 39.2 Å². The molecule has 2 aromatic carbocycles. The van der Waals surface area contributed by atoms with Crippen LogP contribution in [0.15, 0.2) is 71.1 Å². The first-order chi connectivity index (χ1) is 15.8. The molecule has 0 bridgehead atoms. The van der Waals surface area contributed by atoms with E-state index in [0.717, 1.165) is 11.3 Å². The molecule has 0 amide bonds. The maximum absolute atomic E-state index is 13.3. The summed E-state index contributed by atoms with van der Waals surface area (Å²) in [5.41, 5.74) is 3.63.